The number of rotatable bonds is 3. The summed E-state index contributed by atoms with van der Waals surface area (Å²) >= 11 is 1.37. The molecule has 0 unspecified atom stereocenters. The molecule has 0 spiro atoms. The molecule has 1 aliphatic heterocycles. The fraction of sp³-hybridized carbons (Fsp3) is 0.263. The first-order chi connectivity index (χ1) is 13.5. The van der Waals surface area contributed by atoms with E-state index in [-0.39, 0.29) is 11.3 Å². The molecule has 0 aliphatic carbocycles. The number of ether oxygens (including phenoxy) is 2. The smallest absolute Gasteiger partial charge is 0.280 e. The van der Waals surface area contributed by atoms with Crippen molar-refractivity contribution in [1.82, 2.24) is 4.57 Å². The SMILES string of the molecule is CCn1c(=NC(=O)c2cccc([N+](=O)[O-])c2C)sc2cc3c(cc21)OCCO3. The van der Waals surface area contributed by atoms with Gasteiger partial charge in [0.15, 0.2) is 16.3 Å². The van der Waals surface area contributed by atoms with Gasteiger partial charge < -0.3 is 14.0 Å². The minimum Gasteiger partial charge on any atom is -0.486 e. The number of amides is 1. The number of aryl methyl sites for hydroxylation is 1. The average molecular weight is 399 g/mol. The van der Waals surface area contributed by atoms with Crippen LogP contribution in [-0.4, -0.2) is 28.6 Å². The number of nitro groups is 1. The summed E-state index contributed by atoms with van der Waals surface area (Å²) in [5, 5.41) is 11.1. The molecule has 0 fully saturated rings. The van der Waals surface area contributed by atoms with Crippen molar-refractivity contribution in [3.63, 3.8) is 0 Å². The summed E-state index contributed by atoms with van der Waals surface area (Å²) in [4.78, 5) is 28.2. The number of benzene rings is 2. The Hall–Kier alpha value is -3.20. The molecule has 1 amide bonds. The lowest BCUT2D eigenvalue weighted by Crippen LogP contribution is -2.17. The second-order valence-electron chi connectivity index (χ2n) is 6.22. The third-order valence-corrected chi connectivity index (χ3v) is 5.63. The summed E-state index contributed by atoms with van der Waals surface area (Å²) in [6, 6.07) is 8.21. The van der Waals surface area contributed by atoms with Crippen LogP contribution in [0.4, 0.5) is 5.69 Å². The Kier molecular flexibility index (Phi) is 4.60. The van der Waals surface area contributed by atoms with Crippen LogP contribution in [0.2, 0.25) is 0 Å². The van der Waals surface area contributed by atoms with E-state index in [4.69, 9.17) is 9.47 Å². The molecule has 2 heterocycles. The molecule has 28 heavy (non-hydrogen) atoms. The van der Waals surface area contributed by atoms with Crippen molar-refractivity contribution in [2.45, 2.75) is 20.4 Å². The van der Waals surface area contributed by atoms with E-state index in [0.29, 0.717) is 41.6 Å². The highest BCUT2D eigenvalue weighted by atomic mass is 32.1. The minimum absolute atomic E-state index is 0.0947. The molecule has 0 saturated heterocycles. The lowest BCUT2D eigenvalue weighted by atomic mass is 10.1. The third-order valence-electron chi connectivity index (χ3n) is 4.59. The van der Waals surface area contributed by atoms with Crippen LogP contribution in [0.1, 0.15) is 22.8 Å². The van der Waals surface area contributed by atoms with E-state index in [2.05, 4.69) is 4.99 Å². The van der Waals surface area contributed by atoms with Crippen molar-refractivity contribution in [3.05, 3.63) is 56.4 Å². The van der Waals surface area contributed by atoms with Gasteiger partial charge >= 0.3 is 0 Å². The van der Waals surface area contributed by atoms with Crippen LogP contribution < -0.4 is 14.3 Å². The number of fused-ring (bicyclic) bond motifs is 2. The topological polar surface area (TPSA) is 96.0 Å². The zero-order chi connectivity index (χ0) is 19.8. The Morgan fingerprint density at radius 2 is 2.00 bits per heavy atom. The number of aromatic nitrogens is 1. The van der Waals surface area contributed by atoms with Gasteiger partial charge in [-0.1, -0.05) is 17.4 Å². The van der Waals surface area contributed by atoms with Gasteiger partial charge in [0.2, 0.25) is 0 Å². The standard InChI is InChI=1S/C19H17N3O5S/c1-3-21-14-9-15-16(27-8-7-26-15)10-17(14)28-19(21)20-18(23)12-5-4-6-13(11(12)2)22(24)25/h4-6,9-10H,3,7-8H2,1-2H3. The zero-order valence-corrected chi connectivity index (χ0v) is 16.1. The lowest BCUT2D eigenvalue weighted by molar-refractivity contribution is -0.385. The monoisotopic (exact) mass is 399 g/mol. The summed E-state index contributed by atoms with van der Waals surface area (Å²) in [5.41, 5.74) is 1.34. The van der Waals surface area contributed by atoms with Crippen molar-refractivity contribution in [3.8, 4) is 11.5 Å². The summed E-state index contributed by atoms with van der Waals surface area (Å²) in [7, 11) is 0. The Balaban J connectivity index is 1.84. The second kappa shape index (κ2) is 7.08. The van der Waals surface area contributed by atoms with Crippen LogP contribution in [-0.2, 0) is 6.54 Å². The molecule has 0 radical (unpaired) electrons. The minimum atomic E-state index is -0.507. The van der Waals surface area contributed by atoms with Gasteiger partial charge in [0.1, 0.15) is 13.2 Å². The van der Waals surface area contributed by atoms with Crippen molar-refractivity contribution < 1.29 is 19.2 Å². The van der Waals surface area contributed by atoms with Gasteiger partial charge in [-0.2, -0.15) is 4.99 Å². The second-order valence-corrected chi connectivity index (χ2v) is 7.23. The van der Waals surface area contributed by atoms with Crippen molar-refractivity contribution in [2.24, 2.45) is 4.99 Å². The molecule has 3 aromatic rings. The van der Waals surface area contributed by atoms with E-state index < -0.39 is 10.8 Å². The Bertz CT molecular complexity index is 1180. The maximum atomic E-state index is 12.8. The van der Waals surface area contributed by atoms with Gasteiger partial charge in [-0.15, -0.1) is 0 Å². The molecule has 0 N–H and O–H groups in total. The highest BCUT2D eigenvalue weighted by Crippen LogP contribution is 2.35. The highest BCUT2D eigenvalue weighted by Gasteiger charge is 2.19. The van der Waals surface area contributed by atoms with Gasteiger partial charge in [0.25, 0.3) is 11.6 Å². The van der Waals surface area contributed by atoms with Crippen LogP contribution in [0, 0.1) is 17.0 Å². The summed E-state index contributed by atoms with van der Waals surface area (Å²) in [5.74, 6) is 0.842. The van der Waals surface area contributed by atoms with Gasteiger partial charge in [0, 0.05) is 30.3 Å². The number of nitro benzene ring substituents is 1. The molecule has 2 aromatic carbocycles. The van der Waals surface area contributed by atoms with E-state index >= 15 is 0 Å². The van der Waals surface area contributed by atoms with Crippen LogP contribution in [0.3, 0.4) is 0 Å². The van der Waals surface area contributed by atoms with Crippen molar-refractivity contribution >= 4 is 33.1 Å². The number of hydrogen-bond acceptors (Lipinski definition) is 6. The van der Waals surface area contributed by atoms with E-state index in [1.54, 1.807) is 13.0 Å². The Morgan fingerprint density at radius 1 is 1.29 bits per heavy atom. The molecule has 4 rings (SSSR count). The fourth-order valence-electron chi connectivity index (χ4n) is 3.20. The summed E-state index contributed by atoms with van der Waals surface area (Å²) in [6.07, 6.45) is 0. The fourth-order valence-corrected chi connectivity index (χ4v) is 4.30. The third kappa shape index (κ3) is 3.03. The number of nitrogens with zero attached hydrogens (tertiary/aromatic N) is 3. The Labute approximate surface area is 163 Å². The molecule has 0 atom stereocenters. The molecule has 144 valence electrons. The summed E-state index contributed by atoms with van der Waals surface area (Å²) in [6.45, 7) is 5.13. The normalized spacial score (nSPS) is 13.7. The number of carbonyl (C=O) groups is 1. The van der Waals surface area contributed by atoms with Crippen LogP contribution in [0.5, 0.6) is 11.5 Å². The van der Waals surface area contributed by atoms with E-state index in [1.807, 2.05) is 23.6 Å². The van der Waals surface area contributed by atoms with Crippen LogP contribution in [0.15, 0.2) is 35.3 Å². The maximum absolute atomic E-state index is 12.8. The molecule has 0 saturated carbocycles. The number of thiazole rings is 1. The van der Waals surface area contributed by atoms with Crippen LogP contribution in [0.25, 0.3) is 10.2 Å². The number of carbonyl (C=O) groups excluding carboxylic acids is 1. The lowest BCUT2D eigenvalue weighted by Gasteiger charge is -2.18. The van der Waals surface area contributed by atoms with Gasteiger partial charge in [-0.3, -0.25) is 14.9 Å². The van der Waals surface area contributed by atoms with Crippen molar-refractivity contribution in [1.29, 1.82) is 0 Å². The molecule has 1 aromatic heterocycles. The van der Waals surface area contributed by atoms with Gasteiger partial charge in [0.05, 0.1) is 20.7 Å². The number of hydrogen-bond donors (Lipinski definition) is 0. The van der Waals surface area contributed by atoms with Crippen LogP contribution >= 0.6 is 11.3 Å². The van der Waals surface area contributed by atoms with E-state index in [1.165, 1.54) is 23.5 Å². The molecule has 1 aliphatic rings. The molecule has 9 heteroatoms. The largest absolute Gasteiger partial charge is 0.486 e. The average Bonchev–Trinajstić information content (AvgIpc) is 3.01. The highest BCUT2D eigenvalue weighted by molar-refractivity contribution is 7.16. The summed E-state index contributed by atoms with van der Waals surface area (Å²) < 4.78 is 14.1. The predicted octanol–water partition coefficient (Wildman–Crippen LogP) is 3.45. The molecule has 8 nitrogen and oxygen atoms in total. The maximum Gasteiger partial charge on any atom is 0.280 e. The van der Waals surface area contributed by atoms with Gasteiger partial charge in [-0.25, -0.2) is 0 Å². The molecular weight excluding hydrogens is 382 g/mol. The zero-order valence-electron chi connectivity index (χ0n) is 15.3. The van der Waals surface area contributed by atoms with E-state index in [9.17, 15) is 14.9 Å². The van der Waals surface area contributed by atoms with Gasteiger partial charge in [-0.05, 0) is 19.9 Å². The van der Waals surface area contributed by atoms with Crippen molar-refractivity contribution in [2.75, 3.05) is 13.2 Å². The first kappa shape index (κ1) is 18.2. The molecular formula is C19H17N3O5S. The first-order valence-electron chi connectivity index (χ1n) is 8.75. The first-order valence-corrected chi connectivity index (χ1v) is 9.57. The van der Waals surface area contributed by atoms with E-state index in [0.717, 1.165) is 10.2 Å². The quantitative estimate of drug-likeness (QED) is 0.496. The Morgan fingerprint density at radius 3 is 2.68 bits per heavy atom. The predicted molar refractivity (Wildman–Crippen MR) is 104 cm³/mol. The molecule has 0 bridgehead atoms.